The van der Waals surface area contributed by atoms with Crippen molar-refractivity contribution in [3.63, 3.8) is 0 Å². The second-order valence-corrected chi connectivity index (χ2v) is 9.39. The minimum absolute atomic E-state index is 0.0972. The molecule has 0 atom stereocenters. The minimum atomic E-state index is -3.64. The molecule has 1 aromatic carbocycles. The third-order valence-corrected chi connectivity index (χ3v) is 7.82. The van der Waals surface area contributed by atoms with Crippen LogP contribution in [0.5, 0.6) is 11.5 Å². The lowest BCUT2D eigenvalue weighted by molar-refractivity contribution is -0.138. The maximum absolute atomic E-state index is 13.0. The summed E-state index contributed by atoms with van der Waals surface area (Å²) in [5.74, 6) is 0.938. The first-order valence-corrected chi connectivity index (χ1v) is 11.6. The molecule has 0 radical (unpaired) electrons. The molecule has 8 nitrogen and oxygen atoms in total. The van der Waals surface area contributed by atoms with E-state index in [1.165, 1.54) is 30.7 Å². The standard InChI is InChI=1S/C20H31N3O5S/c1-4-21-11-13-22(14-12-21)20(24)16-7-9-23(10-8-16)29(25,26)17-5-6-18(27-2)19(15-17)28-3/h5-6,15-16H,4,7-14H2,1-3H3. The second kappa shape index (κ2) is 9.32. The molecule has 0 unspecified atom stereocenters. The monoisotopic (exact) mass is 425 g/mol. The van der Waals surface area contributed by atoms with Crippen LogP contribution in [0.4, 0.5) is 0 Å². The van der Waals surface area contributed by atoms with Crippen molar-refractivity contribution < 1.29 is 22.7 Å². The van der Waals surface area contributed by atoms with Crippen molar-refractivity contribution in [3.05, 3.63) is 18.2 Å². The van der Waals surface area contributed by atoms with Crippen molar-refractivity contribution in [2.45, 2.75) is 24.7 Å². The summed E-state index contributed by atoms with van der Waals surface area (Å²) >= 11 is 0. The van der Waals surface area contributed by atoms with Crippen LogP contribution in [0.25, 0.3) is 0 Å². The third-order valence-electron chi connectivity index (χ3n) is 5.93. The Balaban J connectivity index is 1.62. The Kier molecular flexibility index (Phi) is 7.02. The Bertz CT molecular complexity index is 813. The number of benzene rings is 1. The van der Waals surface area contributed by atoms with E-state index in [1.807, 2.05) is 4.90 Å². The summed E-state index contributed by atoms with van der Waals surface area (Å²) in [6, 6.07) is 4.61. The first-order valence-electron chi connectivity index (χ1n) is 10.1. The van der Waals surface area contributed by atoms with Gasteiger partial charge in [0, 0.05) is 51.3 Å². The molecule has 2 aliphatic rings. The Morgan fingerprint density at radius 2 is 1.62 bits per heavy atom. The Morgan fingerprint density at radius 3 is 2.17 bits per heavy atom. The Labute approximate surface area is 173 Å². The smallest absolute Gasteiger partial charge is 0.243 e. The summed E-state index contributed by atoms with van der Waals surface area (Å²) < 4.78 is 37.9. The Hall–Kier alpha value is -1.84. The van der Waals surface area contributed by atoms with E-state index in [4.69, 9.17) is 9.47 Å². The first-order chi connectivity index (χ1) is 13.9. The highest BCUT2D eigenvalue weighted by Crippen LogP contribution is 2.32. The SMILES string of the molecule is CCN1CCN(C(=O)C2CCN(S(=O)(=O)c3ccc(OC)c(OC)c3)CC2)CC1. The molecule has 0 bridgehead atoms. The third kappa shape index (κ3) is 4.67. The van der Waals surface area contributed by atoms with E-state index in [0.717, 1.165) is 32.7 Å². The fourth-order valence-electron chi connectivity index (χ4n) is 4.01. The molecular weight excluding hydrogens is 394 g/mol. The fourth-order valence-corrected chi connectivity index (χ4v) is 5.50. The van der Waals surface area contributed by atoms with Crippen LogP contribution >= 0.6 is 0 Å². The zero-order valence-corrected chi connectivity index (χ0v) is 18.3. The lowest BCUT2D eigenvalue weighted by Crippen LogP contribution is -2.51. The zero-order valence-electron chi connectivity index (χ0n) is 17.5. The molecule has 0 saturated carbocycles. The van der Waals surface area contributed by atoms with Crippen molar-refractivity contribution in [1.29, 1.82) is 0 Å². The molecule has 0 aromatic heterocycles. The van der Waals surface area contributed by atoms with Gasteiger partial charge in [-0.15, -0.1) is 0 Å². The molecule has 1 aromatic rings. The van der Waals surface area contributed by atoms with Gasteiger partial charge in [0.25, 0.3) is 0 Å². The summed E-state index contributed by atoms with van der Waals surface area (Å²) in [4.78, 5) is 17.3. The van der Waals surface area contributed by atoms with Crippen LogP contribution in [0.2, 0.25) is 0 Å². The van der Waals surface area contributed by atoms with E-state index in [0.29, 0.717) is 37.4 Å². The predicted molar refractivity (Wildman–Crippen MR) is 110 cm³/mol. The highest BCUT2D eigenvalue weighted by atomic mass is 32.2. The van der Waals surface area contributed by atoms with Gasteiger partial charge >= 0.3 is 0 Å². The molecule has 2 saturated heterocycles. The van der Waals surface area contributed by atoms with Gasteiger partial charge in [0.2, 0.25) is 15.9 Å². The van der Waals surface area contributed by atoms with Gasteiger partial charge in [-0.1, -0.05) is 6.92 Å². The number of likely N-dealkylation sites (N-methyl/N-ethyl adjacent to an activating group) is 1. The van der Waals surface area contributed by atoms with Gasteiger partial charge in [0.15, 0.2) is 11.5 Å². The van der Waals surface area contributed by atoms with Gasteiger partial charge in [-0.2, -0.15) is 4.31 Å². The topological polar surface area (TPSA) is 79.4 Å². The van der Waals surface area contributed by atoms with E-state index in [9.17, 15) is 13.2 Å². The molecule has 1 amide bonds. The van der Waals surface area contributed by atoms with Crippen molar-refractivity contribution in [2.24, 2.45) is 5.92 Å². The van der Waals surface area contributed by atoms with Gasteiger partial charge in [-0.3, -0.25) is 4.79 Å². The number of hydrogen-bond acceptors (Lipinski definition) is 6. The average Bonchev–Trinajstić information content (AvgIpc) is 2.78. The van der Waals surface area contributed by atoms with Crippen molar-refractivity contribution >= 4 is 15.9 Å². The summed E-state index contributed by atoms with van der Waals surface area (Å²) in [6.45, 7) is 7.18. The maximum Gasteiger partial charge on any atom is 0.243 e. The number of nitrogens with zero attached hydrogens (tertiary/aromatic N) is 3. The molecular formula is C20H31N3O5S. The van der Waals surface area contributed by atoms with Crippen LogP contribution in [0.1, 0.15) is 19.8 Å². The number of carbonyl (C=O) groups is 1. The lowest BCUT2D eigenvalue weighted by Gasteiger charge is -2.38. The highest BCUT2D eigenvalue weighted by Gasteiger charge is 2.34. The zero-order chi connectivity index (χ0) is 21.0. The molecule has 2 fully saturated rings. The summed E-state index contributed by atoms with van der Waals surface area (Å²) in [6.07, 6.45) is 1.11. The van der Waals surface area contributed by atoms with Gasteiger partial charge in [0.05, 0.1) is 19.1 Å². The fraction of sp³-hybridized carbons (Fsp3) is 0.650. The number of sulfonamides is 1. The van der Waals surface area contributed by atoms with Crippen molar-refractivity contribution in [1.82, 2.24) is 14.1 Å². The van der Waals surface area contributed by atoms with E-state index in [-0.39, 0.29) is 16.7 Å². The average molecular weight is 426 g/mol. The predicted octanol–water partition coefficient (Wildman–Crippen LogP) is 1.27. The van der Waals surface area contributed by atoms with Gasteiger partial charge in [0.1, 0.15) is 0 Å². The molecule has 0 aliphatic carbocycles. The van der Waals surface area contributed by atoms with Gasteiger partial charge in [-0.05, 0) is 31.5 Å². The number of ether oxygens (including phenoxy) is 2. The normalized spacial score (nSPS) is 19.9. The van der Waals surface area contributed by atoms with Crippen LogP contribution in [0.3, 0.4) is 0 Å². The van der Waals surface area contributed by atoms with E-state index in [2.05, 4.69) is 11.8 Å². The number of carbonyl (C=O) groups excluding carboxylic acids is 1. The molecule has 2 aliphatic heterocycles. The molecule has 0 N–H and O–H groups in total. The molecule has 0 spiro atoms. The van der Waals surface area contributed by atoms with E-state index in [1.54, 1.807) is 6.07 Å². The van der Waals surface area contributed by atoms with Gasteiger partial charge in [-0.25, -0.2) is 8.42 Å². The largest absolute Gasteiger partial charge is 0.493 e. The van der Waals surface area contributed by atoms with E-state index >= 15 is 0 Å². The highest BCUT2D eigenvalue weighted by molar-refractivity contribution is 7.89. The van der Waals surface area contributed by atoms with Gasteiger partial charge < -0.3 is 19.3 Å². The van der Waals surface area contributed by atoms with Crippen LogP contribution < -0.4 is 9.47 Å². The number of amides is 1. The molecule has 2 heterocycles. The number of piperidine rings is 1. The van der Waals surface area contributed by atoms with Crippen molar-refractivity contribution in [3.8, 4) is 11.5 Å². The lowest BCUT2D eigenvalue weighted by atomic mass is 9.96. The molecule has 29 heavy (non-hydrogen) atoms. The number of hydrogen-bond donors (Lipinski definition) is 0. The number of methoxy groups -OCH3 is 2. The minimum Gasteiger partial charge on any atom is -0.493 e. The second-order valence-electron chi connectivity index (χ2n) is 7.45. The van der Waals surface area contributed by atoms with Crippen LogP contribution in [0, 0.1) is 5.92 Å². The maximum atomic E-state index is 13.0. The quantitative estimate of drug-likeness (QED) is 0.683. The van der Waals surface area contributed by atoms with Crippen LogP contribution in [0.15, 0.2) is 23.1 Å². The molecule has 3 rings (SSSR count). The summed E-state index contributed by atoms with van der Waals surface area (Å²) in [5, 5.41) is 0. The number of piperazine rings is 1. The van der Waals surface area contributed by atoms with Crippen LogP contribution in [-0.2, 0) is 14.8 Å². The summed E-state index contributed by atoms with van der Waals surface area (Å²) in [7, 11) is -0.650. The van der Waals surface area contributed by atoms with E-state index < -0.39 is 10.0 Å². The summed E-state index contributed by atoms with van der Waals surface area (Å²) in [5.41, 5.74) is 0. The van der Waals surface area contributed by atoms with Crippen LogP contribution in [-0.4, -0.2) is 88.5 Å². The Morgan fingerprint density at radius 1 is 1.00 bits per heavy atom. The molecule has 162 valence electrons. The molecule has 9 heteroatoms. The van der Waals surface area contributed by atoms with Crippen molar-refractivity contribution in [2.75, 3.05) is 60.0 Å². The first kappa shape index (κ1) is 21.9. The number of rotatable bonds is 6.